The molecular weight excluding hydrogens is 260 g/mol. The molecule has 0 saturated heterocycles. The summed E-state index contributed by atoms with van der Waals surface area (Å²) in [6, 6.07) is 9.96. The van der Waals surface area contributed by atoms with Crippen LogP contribution in [-0.2, 0) is 0 Å². The predicted octanol–water partition coefficient (Wildman–Crippen LogP) is 2.44. The standard InChI is InChI=1S/C14H12N2O4/c15-10-5-8(14(17)18)1-3-11(10)16-9-2-4-12-13(6-9)20-7-19-12/h1-6,16H,7,15H2,(H,17,18). The highest BCUT2D eigenvalue weighted by atomic mass is 16.7. The zero-order chi connectivity index (χ0) is 14.1. The molecule has 6 nitrogen and oxygen atoms in total. The highest BCUT2D eigenvalue weighted by Crippen LogP contribution is 2.35. The minimum Gasteiger partial charge on any atom is -0.478 e. The van der Waals surface area contributed by atoms with Gasteiger partial charge in [-0.25, -0.2) is 4.79 Å². The molecule has 6 heteroatoms. The van der Waals surface area contributed by atoms with Gasteiger partial charge in [0.2, 0.25) is 6.79 Å². The Kier molecular flexibility index (Phi) is 2.83. The molecule has 0 spiro atoms. The van der Waals surface area contributed by atoms with Crippen LogP contribution < -0.4 is 20.5 Å². The maximum absolute atomic E-state index is 10.8. The zero-order valence-electron chi connectivity index (χ0n) is 10.4. The van der Waals surface area contributed by atoms with Crippen molar-refractivity contribution >= 4 is 23.0 Å². The van der Waals surface area contributed by atoms with E-state index in [9.17, 15) is 4.79 Å². The summed E-state index contributed by atoms with van der Waals surface area (Å²) in [6.45, 7) is 0.217. The van der Waals surface area contributed by atoms with E-state index in [2.05, 4.69) is 5.32 Å². The van der Waals surface area contributed by atoms with Crippen molar-refractivity contribution in [2.75, 3.05) is 17.8 Å². The number of fused-ring (bicyclic) bond motifs is 1. The molecule has 0 atom stereocenters. The SMILES string of the molecule is Nc1cc(C(=O)O)ccc1Nc1ccc2c(c1)OCO2. The van der Waals surface area contributed by atoms with E-state index in [4.69, 9.17) is 20.3 Å². The lowest BCUT2D eigenvalue weighted by atomic mass is 10.1. The van der Waals surface area contributed by atoms with Gasteiger partial charge >= 0.3 is 5.97 Å². The number of carboxylic acid groups (broad SMARTS) is 1. The zero-order valence-corrected chi connectivity index (χ0v) is 10.4. The van der Waals surface area contributed by atoms with Crippen molar-refractivity contribution in [2.45, 2.75) is 0 Å². The molecule has 0 bridgehead atoms. The van der Waals surface area contributed by atoms with Crippen molar-refractivity contribution in [1.29, 1.82) is 0 Å². The molecule has 2 aromatic rings. The molecule has 3 rings (SSSR count). The summed E-state index contributed by atoms with van der Waals surface area (Å²) in [5.41, 5.74) is 7.77. The smallest absolute Gasteiger partial charge is 0.335 e. The van der Waals surface area contributed by atoms with E-state index < -0.39 is 5.97 Å². The summed E-state index contributed by atoms with van der Waals surface area (Å²) < 4.78 is 10.5. The van der Waals surface area contributed by atoms with Crippen molar-refractivity contribution in [2.24, 2.45) is 0 Å². The molecule has 1 aliphatic heterocycles. The largest absolute Gasteiger partial charge is 0.478 e. The summed E-state index contributed by atoms with van der Waals surface area (Å²) in [4.78, 5) is 10.8. The predicted molar refractivity (Wildman–Crippen MR) is 73.7 cm³/mol. The first-order valence-corrected chi connectivity index (χ1v) is 5.93. The number of rotatable bonds is 3. The lowest BCUT2D eigenvalue weighted by molar-refractivity contribution is 0.0697. The minimum atomic E-state index is -1.01. The summed E-state index contributed by atoms with van der Waals surface area (Å²) in [6.07, 6.45) is 0. The lowest BCUT2D eigenvalue weighted by Crippen LogP contribution is -2.01. The second-order valence-corrected chi connectivity index (χ2v) is 4.30. The Labute approximate surface area is 114 Å². The lowest BCUT2D eigenvalue weighted by Gasteiger charge is -2.10. The Hall–Kier alpha value is -2.89. The van der Waals surface area contributed by atoms with Crippen LogP contribution in [0.5, 0.6) is 11.5 Å². The van der Waals surface area contributed by atoms with Crippen LogP contribution in [0.4, 0.5) is 17.1 Å². The van der Waals surface area contributed by atoms with Gasteiger partial charge in [-0.3, -0.25) is 0 Å². The molecule has 20 heavy (non-hydrogen) atoms. The number of carboxylic acids is 1. The average Bonchev–Trinajstić information content (AvgIpc) is 2.88. The summed E-state index contributed by atoms with van der Waals surface area (Å²) >= 11 is 0. The van der Waals surface area contributed by atoms with Crippen LogP contribution in [0, 0.1) is 0 Å². The number of benzene rings is 2. The second kappa shape index (κ2) is 4.65. The van der Waals surface area contributed by atoms with Gasteiger partial charge < -0.3 is 25.6 Å². The Balaban J connectivity index is 1.86. The Morgan fingerprint density at radius 2 is 1.95 bits per heavy atom. The highest BCUT2D eigenvalue weighted by molar-refractivity contribution is 5.90. The molecule has 1 aliphatic rings. The third-order valence-electron chi connectivity index (χ3n) is 2.95. The van der Waals surface area contributed by atoms with Crippen LogP contribution >= 0.6 is 0 Å². The maximum atomic E-state index is 10.8. The van der Waals surface area contributed by atoms with Gasteiger partial charge in [0.25, 0.3) is 0 Å². The van der Waals surface area contributed by atoms with Gasteiger partial charge in [0.1, 0.15) is 0 Å². The first-order chi connectivity index (χ1) is 9.63. The fourth-order valence-electron chi connectivity index (χ4n) is 1.94. The second-order valence-electron chi connectivity index (χ2n) is 4.30. The Morgan fingerprint density at radius 3 is 2.70 bits per heavy atom. The molecule has 0 aromatic heterocycles. The van der Waals surface area contributed by atoms with Gasteiger partial charge in [-0.2, -0.15) is 0 Å². The summed E-state index contributed by atoms with van der Waals surface area (Å²) in [7, 11) is 0. The number of nitrogen functional groups attached to an aromatic ring is 1. The molecule has 2 aromatic carbocycles. The number of aromatic carboxylic acids is 1. The number of nitrogens with one attached hydrogen (secondary N) is 1. The van der Waals surface area contributed by atoms with E-state index in [0.29, 0.717) is 22.9 Å². The van der Waals surface area contributed by atoms with Crippen LogP contribution in [-0.4, -0.2) is 17.9 Å². The van der Waals surface area contributed by atoms with E-state index >= 15 is 0 Å². The third-order valence-corrected chi connectivity index (χ3v) is 2.95. The molecule has 4 N–H and O–H groups in total. The van der Waals surface area contributed by atoms with Gasteiger partial charge in [-0.05, 0) is 30.3 Å². The fourth-order valence-corrected chi connectivity index (χ4v) is 1.94. The third kappa shape index (κ3) is 2.18. The van der Waals surface area contributed by atoms with Crippen molar-refractivity contribution in [3.8, 4) is 11.5 Å². The van der Waals surface area contributed by atoms with Gasteiger partial charge in [0, 0.05) is 11.8 Å². The van der Waals surface area contributed by atoms with Crippen LogP contribution in [0.3, 0.4) is 0 Å². The quantitative estimate of drug-likeness (QED) is 0.743. The number of anilines is 3. The van der Waals surface area contributed by atoms with Crippen LogP contribution in [0.2, 0.25) is 0 Å². The highest BCUT2D eigenvalue weighted by Gasteiger charge is 2.13. The summed E-state index contributed by atoms with van der Waals surface area (Å²) in [5.74, 6) is 0.354. The first-order valence-electron chi connectivity index (χ1n) is 5.93. The van der Waals surface area contributed by atoms with E-state index in [0.717, 1.165) is 5.69 Å². The van der Waals surface area contributed by atoms with Crippen molar-refractivity contribution in [3.05, 3.63) is 42.0 Å². The first kappa shape index (κ1) is 12.2. The maximum Gasteiger partial charge on any atom is 0.335 e. The normalized spacial score (nSPS) is 12.2. The van der Waals surface area contributed by atoms with Gasteiger partial charge in [-0.15, -0.1) is 0 Å². The number of nitrogens with two attached hydrogens (primary N) is 1. The molecular formula is C14H12N2O4. The van der Waals surface area contributed by atoms with E-state index in [1.807, 2.05) is 6.07 Å². The molecule has 102 valence electrons. The molecule has 0 aliphatic carbocycles. The van der Waals surface area contributed by atoms with E-state index in [-0.39, 0.29) is 12.4 Å². The Morgan fingerprint density at radius 1 is 1.15 bits per heavy atom. The topological polar surface area (TPSA) is 93.8 Å². The van der Waals surface area contributed by atoms with Crippen molar-refractivity contribution < 1.29 is 19.4 Å². The molecule has 0 fully saturated rings. The molecule has 0 unspecified atom stereocenters. The minimum absolute atomic E-state index is 0.152. The number of ether oxygens (including phenoxy) is 2. The fraction of sp³-hybridized carbons (Fsp3) is 0.0714. The van der Waals surface area contributed by atoms with Gasteiger partial charge in [0.15, 0.2) is 11.5 Å². The van der Waals surface area contributed by atoms with Crippen LogP contribution in [0.1, 0.15) is 10.4 Å². The van der Waals surface area contributed by atoms with Gasteiger partial charge in [0.05, 0.1) is 16.9 Å². The van der Waals surface area contributed by atoms with Gasteiger partial charge in [-0.1, -0.05) is 0 Å². The number of hydrogen-bond acceptors (Lipinski definition) is 5. The number of hydrogen-bond donors (Lipinski definition) is 3. The van der Waals surface area contributed by atoms with Crippen LogP contribution in [0.15, 0.2) is 36.4 Å². The average molecular weight is 272 g/mol. The molecule has 0 amide bonds. The summed E-state index contributed by atoms with van der Waals surface area (Å²) in [5, 5.41) is 12.0. The Bertz CT molecular complexity index is 685. The number of carbonyl (C=O) groups is 1. The molecule has 0 radical (unpaired) electrons. The van der Waals surface area contributed by atoms with Crippen molar-refractivity contribution in [1.82, 2.24) is 0 Å². The monoisotopic (exact) mass is 272 g/mol. The van der Waals surface area contributed by atoms with E-state index in [1.54, 1.807) is 18.2 Å². The molecule has 1 heterocycles. The van der Waals surface area contributed by atoms with E-state index in [1.165, 1.54) is 12.1 Å². The van der Waals surface area contributed by atoms with Crippen LogP contribution in [0.25, 0.3) is 0 Å². The molecule has 0 saturated carbocycles. The van der Waals surface area contributed by atoms with Crippen molar-refractivity contribution in [3.63, 3.8) is 0 Å².